The highest BCUT2D eigenvalue weighted by Crippen LogP contribution is 2.34. The zero-order valence-electron chi connectivity index (χ0n) is 18.5. The molecule has 0 spiro atoms. The molecule has 168 valence electrons. The van der Waals surface area contributed by atoms with E-state index < -0.39 is 11.8 Å². The van der Waals surface area contributed by atoms with Gasteiger partial charge in [-0.15, -0.1) is 13.0 Å². The lowest BCUT2D eigenvalue weighted by atomic mass is 10.0. The quantitative estimate of drug-likeness (QED) is 0.213. The van der Waals surface area contributed by atoms with E-state index in [4.69, 9.17) is 28.1 Å². The summed E-state index contributed by atoms with van der Waals surface area (Å²) in [6.45, 7) is 5.90. The van der Waals surface area contributed by atoms with Crippen LogP contribution in [-0.2, 0) is 22.4 Å². The van der Waals surface area contributed by atoms with Gasteiger partial charge in [-0.25, -0.2) is 0 Å². The number of rotatable bonds is 8. The molecule has 0 saturated carbocycles. The zero-order valence-corrected chi connectivity index (χ0v) is 19.3. The lowest BCUT2D eigenvalue weighted by Gasteiger charge is -2.29. The Hall–Kier alpha value is -3.89. The normalized spacial score (nSPS) is 14.6. The van der Waals surface area contributed by atoms with E-state index in [1.165, 1.54) is 18.1 Å². The van der Waals surface area contributed by atoms with Gasteiger partial charge >= 0.3 is 0 Å². The number of aryl methyl sites for hydroxylation is 1. The molecule has 0 atom stereocenters. The number of thiocarbonyl (C=S) groups is 1. The number of amides is 2. The van der Waals surface area contributed by atoms with E-state index in [-0.39, 0.29) is 17.3 Å². The first-order chi connectivity index (χ1) is 15.9. The summed E-state index contributed by atoms with van der Waals surface area (Å²) in [6.07, 6.45) is 9.90. The molecule has 6 nitrogen and oxygen atoms in total. The number of ether oxygens (including phenoxy) is 2. The van der Waals surface area contributed by atoms with E-state index in [0.29, 0.717) is 29.2 Å². The van der Waals surface area contributed by atoms with Gasteiger partial charge in [-0.3, -0.25) is 19.8 Å². The Kier molecular flexibility index (Phi) is 7.65. The lowest BCUT2D eigenvalue weighted by Crippen LogP contribution is -2.54. The van der Waals surface area contributed by atoms with E-state index in [9.17, 15) is 9.59 Å². The Labute approximate surface area is 198 Å². The SMILES string of the molecule is C#CCOc1c(CC=C)cc(/C=C2\C(=O)NC(=S)N(c3ccc(CC)cc3)C2=O)cc1OC. The van der Waals surface area contributed by atoms with Crippen molar-refractivity contribution in [2.24, 2.45) is 0 Å². The predicted octanol–water partition coefficient (Wildman–Crippen LogP) is 3.83. The maximum atomic E-state index is 13.3. The van der Waals surface area contributed by atoms with Crippen LogP contribution in [0, 0.1) is 12.3 Å². The first kappa shape index (κ1) is 23.8. The summed E-state index contributed by atoms with van der Waals surface area (Å²) in [5, 5.41) is 2.64. The fourth-order valence-electron chi connectivity index (χ4n) is 3.44. The van der Waals surface area contributed by atoms with Gasteiger partial charge in [-0.1, -0.05) is 31.1 Å². The second-order valence-electron chi connectivity index (χ2n) is 7.17. The maximum absolute atomic E-state index is 13.3. The fraction of sp³-hybridized carbons (Fsp3) is 0.192. The van der Waals surface area contributed by atoms with E-state index in [1.807, 2.05) is 19.1 Å². The molecule has 1 saturated heterocycles. The summed E-state index contributed by atoms with van der Waals surface area (Å²) in [5.41, 5.74) is 3.01. The van der Waals surface area contributed by atoms with Gasteiger partial charge in [0.15, 0.2) is 16.6 Å². The summed E-state index contributed by atoms with van der Waals surface area (Å²) in [6, 6.07) is 10.9. The van der Waals surface area contributed by atoms with Gasteiger partial charge in [0.05, 0.1) is 12.8 Å². The molecule has 1 aliphatic rings. The van der Waals surface area contributed by atoms with Gasteiger partial charge in [-0.2, -0.15) is 0 Å². The number of allylic oxidation sites excluding steroid dienone is 1. The van der Waals surface area contributed by atoms with Crippen LogP contribution < -0.4 is 19.7 Å². The van der Waals surface area contributed by atoms with E-state index >= 15 is 0 Å². The summed E-state index contributed by atoms with van der Waals surface area (Å²) >= 11 is 5.28. The van der Waals surface area contributed by atoms with Gasteiger partial charge in [0.25, 0.3) is 11.8 Å². The van der Waals surface area contributed by atoms with Crippen molar-refractivity contribution in [1.82, 2.24) is 5.32 Å². The summed E-state index contributed by atoms with van der Waals surface area (Å²) in [5.74, 6) is 2.28. The van der Waals surface area contributed by atoms with E-state index in [0.717, 1.165) is 17.5 Å². The van der Waals surface area contributed by atoms with Crippen LogP contribution in [0.4, 0.5) is 5.69 Å². The predicted molar refractivity (Wildman–Crippen MR) is 133 cm³/mol. The highest BCUT2D eigenvalue weighted by molar-refractivity contribution is 7.80. The van der Waals surface area contributed by atoms with Gasteiger partial charge < -0.3 is 9.47 Å². The Morgan fingerprint density at radius 2 is 1.97 bits per heavy atom. The number of nitrogens with one attached hydrogen (secondary N) is 1. The number of hydrogen-bond acceptors (Lipinski definition) is 5. The van der Waals surface area contributed by atoms with E-state index in [1.54, 1.807) is 30.3 Å². The molecule has 1 N–H and O–H groups in total. The van der Waals surface area contributed by atoms with Crippen molar-refractivity contribution in [1.29, 1.82) is 0 Å². The van der Waals surface area contributed by atoms with Crippen LogP contribution in [0.5, 0.6) is 11.5 Å². The van der Waals surface area contributed by atoms with Gasteiger partial charge in [0, 0.05) is 5.56 Å². The third-order valence-corrected chi connectivity index (χ3v) is 5.34. The highest BCUT2D eigenvalue weighted by atomic mass is 32.1. The largest absolute Gasteiger partial charge is 0.493 e. The molecule has 1 fully saturated rings. The average Bonchev–Trinajstić information content (AvgIpc) is 2.81. The molecular weight excluding hydrogens is 436 g/mol. The second kappa shape index (κ2) is 10.6. The molecule has 1 aliphatic heterocycles. The monoisotopic (exact) mass is 460 g/mol. The second-order valence-corrected chi connectivity index (χ2v) is 7.56. The third kappa shape index (κ3) is 5.13. The first-order valence-electron chi connectivity index (χ1n) is 10.3. The molecule has 2 amide bonds. The van der Waals surface area contributed by atoms with Crippen LogP contribution in [0.3, 0.4) is 0 Å². The number of carbonyl (C=O) groups excluding carboxylic acids is 2. The first-order valence-corrected chi connectivity index (χ1v) is 10.7. The van der Waals surface area contributed by atoms with Gasteiger partial charge in [-0.05, 0) is 66.5 Å². The molecular formula is C26H24N2O4S. The fourth-order valence-corrected chi connectivity index (χ4v) is 3.72. The summed E-state index contributed by atoms with van der Waals surface area (Å²) in [7, 11) is 1.51. The van der Waals surface area contributed by atoms with Crippen molar-refractivity contribution in [2.75, 3.05) is 18.6 Å². The van der Waals surface area contributed by atoms with Gasteiger partial charge in [0.1, 0.15) is 12.2 Å². The van der Waals surface area contributed by atoms with E-state index in [2.05, 4.69) is 17.8 Å². The number of anilines is 1. The molecule has 7 heteroatoms. The van der Waals surface area contributed by atoms with Crippen molar-refractivity contribution < 1.29 is 19.1 Å². The van der Waals surface area contributed by atoms with Crippen LogP contribution in [0.2, 0.25) is 0 Å². The Morgan fingerprint density at radius 1 is 1.24 bits per heavy atom. The summed E-state index contributed by atoms with van der Waals surface area (Å²) in [4.78, 5) is 27.3. The number of carbonyl (C=O) groups is 2. The smallest absolute Gasteiger partial charge is 0.270 e. The number of benzene rings is 2. The van der Waals surface area contributed by atoms with Gasteiger partial charge in [0.2, 0.25) is 0 Å². The average molecular weight is 461 g/mol. The molecule has 1 heterocycles. The van der Waals surface area contributed by atoms with Crippen LogP contribution >= 0.6 is 12.2 Å². The number of methoxy groups -OCH3 is 1. The number of nitrogens with zero attached hydrogens (tertiary/aromatic N) is 1. The molecule has 3 rings (SSSR count). The van der Waals surface area contributed by atoms with Crippen LogP contribution in [0.25, 0.3) is 6.08 Å². The Bertz CT molecular complexity index is 1180. The zero-order chi connectivity index (χ0) is 24.0. The molecule has 0 aromatic heterocycles. The molecule has 0 radical (unpaired) electrons. The molecule has 2 aromatic carbocycles. The minimum atomic E-state index is -0.566. The Morgan fingerprint density at radius 3 is 2.58 bits per heavy atom. The molecule has 0 unspecified atom stereocenters. The molecule has 2 aromatic rings. The molecule has 33 heavy (non-hydrogen) atoms. The summed E-state index contributed by atoms with van der Waals surface area (Å²) < 4.78 is 11.1. The van der Waals surface area contributed by atoms with Crippen molar-refractivity contribution in [3.63, 3.8) is 0 Å². The highest BCUT2D eigenvalue weighted by Gasteiger charge is 2.34. The standard InChI is InChI=1S/C26H24N2O4S/c1-5-8-19-14-18(16-22(31-4)23(19)32-13-6-2)15-21-24(29)27-26(33)28(25(21)30)20-11-9-17(7-3)10-12-20/h2,5,9-12,14-16H,1,7-8,13H2,3-4H3,(H,27,29,33)/b21-15+. The minimum Gasteiger partial charge on any atom is -0.493 e. The van der Waals surface area contributed by atoms with Crippen molar-refractivity contribution in [3.05, 3.63) is 71.3 Å². The van der Waals surface area contributed by atoms with Crippen molar-refractivity contribution in [3.8, 4) is 23.8 Å². The Balaban J connectivity index is 2.04. The minimum absolute atomic E-state index is 0.0364. The number of hydrogen-bond donors (Lipinski definition) is 1. The van der Waals surface area contributed by atoms with Crippen LogP contribution in [0.15, 0.2) is 54.6 Å². The molecule has 0 aliphatic carbocycles. The molecule has 0 bridgehead atoms. The topological polar surface area (TPSA) is 67.9 Å². The van der Waals surface area contributed by atoms with Crippen molar-refractivity contribution >= 4 is 40.9 Å². The third-order valence-electron chi connectivity index (χ3n) is 5.05. The maximum Gasteiger partial charge on any atom is 0.270 e. The van der Waals surface area contributed by atoms with Crippen LogP contribution in [0.1, 0.15) is 23.6 Å². The van der Waals surface area contributed by atoms with Crippen molar-refractivity contribution in [2.45, 2.75) is 19.8 Å². The van der Waals surface area contributed by atoms with Crippen LogP contribution in [-0.4, -0.2) is 30.6 Å². The lowest BCUT2D eigenvalue weighted by molar-refractivity contribution is -0.122. The number of terminal acetylenes is 1.